The monoisotopic (exact) mass is 555 g/mol. The van der Waals surface area contributed by atoms with Gasteiger partial charge >= 0.3 is 0 Å². The predicted molar refractivity (Wildman–Crippen MR) is 129 cm³/mol. The van der Waals surface area contributed by atoms with Crippen LogP contribution in [0.5, 0.6) is 0 Å². The molecule has 1 aliphatic heterocycles. The van der Waals surface area contributed by atoms with Gasteiger partial charge in [-0.05, 0) is 24.6 Å². The Hall–Kier alpha value is -1.26. The molecule has 0 aromatic heterocycles. The van der Waals surface area contributed by atoms with E-state index in [9.17, 15) is 9.59 Å². The van der Waals surface area contributed by atoms with Crippen molar-refractivity contribution in [3.05, 3.63) is 33.8 Å². The van der Waals surface area contributed by atoms with Crippen LogP contribution < -0.4 is 16.0 Å². The molecule has 10 heteroatoms. The first-order valence-electron chi connectivity index (χ1n) is 9.31. The Balaban J connectivity index is 0.00000420. The Bertz CT molecular complexity index is 745. The molecule has 0 spiro atoms. The molecule has 162 valence electrons. The summed E-state index contributed by atoms with van der Waals surface area (Å²) in [7, 11) is 1.69. The number of carbonyl (C=O) groups excluding carboxylic acids is 2. The lowest BCUT2D eigenvalue weighted by atomic mass is 10.2. The van der Waals surface area contributed by atoms with E-state index in [0.717, 1.165) is 13.0 Å². The maximum Gasteiger partial charge on any atom is 0.251 e. The molecule has 2 rings (SSSR count). The zero-order valence-corrected chi connectivity index (χ0v) is 20.6. The molecule has 0 saturated carbocycles. The highest BCUT2D eigenvalue weighted by atomic mass is 127. The van der Waals surface area contributed by atoms with E-state index in [0.29, 0.717) is 41.2 Å². The third kappa shape index (κ3) is 7.82. The summed E-state index contributed by atoms with van der Waals surface area (Å²) in [5, 5.41) is 10.1. The zero-order chi connectivity index (χ0) is 20.7. The number of nitrogens with zero attached hydrogens (tertiary/aromatic N) is 2. The van der Waals surface area contributed by atoms with E-state index in [2.05, 4.69) is 20.9 Å². The third-order valence-electron chi connectivity index (χ3n) is 4.44. The second kappa shape index (κ2) is 12.4. The van der Waals surface area contributed by atoms with Gasteiger partial charge < -0.3 is 20.9 Å². The van der Waals surface area contributed by atoms with Crippen molar-refractivity contribution < 1.29 is 9.59 Å². The summed E-state index contributed by atoms with van der Waals surface area (Å²) in [6, 6.07) is 4.93. The maximum atomic E-state index is 12.1. The van der Waals surface area contributed by atoms with Gasteiger partial charge in [0.15, 0.2) is 5.96 Å². The summed E-state index contributed by atoms with van der Waals surface area (Å²) < 4.78 is 0. The van der Waals surface area contributed by atoms with E-state index in [1.165, 1.54) is 6.07 Å². The molecule has 0 aliphatic carbocycles. The first-order valence-corrected chi connectivity index (χ1v) is 10.1. The summed E-state index contributed by atoms with van der Waals surface area (Å²) in [5.41, 5.74) is 0.456. The topological polar surface area (TPSA) is 85.8 Å². The van der Waals surface area contributed by atoms with E-state index in [1.54, 1.807) is 19.2 Å². The van der Waals surface area contributed by atoms with Crippen LogP contribution >= 0.6 is 47.2 Å². The van der Waals surface area contributed by atoms with Crippen molar-refractivity contribution in [2.45, 2.75) is 26.3 Å². The van der Waals surface area contributed by atoms with Gasteiger partial charge in [-0.2, -0.15) is 0 Å². The van der Waals surface area contributed by atoms with Gasteiger partial charge in [0.1, 0.15) is 0 Å². The highest BCUT2D eigenvalue weighted by Gasteiger charge is 2.27. The Morgan fingerprint density at radius 1 is 1.21 bits per heavy atom. The quantitative estimate of drug-likeness (QED) is 0.218. The van der Waals surface area contributed by atoms with Crippen LogP contribution in [0, 0.1) is 5.92 Å². The highest BCUT2D eigenvalue weighted by molar-refractivity contribution is 14.0. The van der Waals surface area contributed by atoms with Gasteiger partial charge in [-0.1, -0.05) is 37.0 Å². The molecule has 3 N–H and O–H groups in total. The molecule has 7 nitrogen and oxygen atoms in total. The number of hydrogen-bond donors (Lipinski definition) is 3. The number of nitrogens with one attached hydrogen (secondary N) is 3. The number of rotatable bonds is 6. The summed E-state index contributed by atoms with van der Waals surface area (Å²) in [6.07, 6.45) is 0.882. The van der Waals surface area contributed by atoms with Gasteiger partial charge in [-0.15, -0.1) is 24.0 Å². The second-order valence-electron chi connectivity index (χ2n) is 6.95. The normalized spacial score (nSPS) is 16.4. The molecule has 1 atom stereocenters. The molecule has 1 saturated heterocycles. The molecule has 1 fully saturated rings. The van der Waals surface area contributed by atoms with Crippen molar-refractivity contribution in [1.29, 1.82) is 0 Å². The van der Waals surface area contributed by atoms with Crippen LogP contribution in [-0.2, 0) is 4.79 Å². The fraction of sp³-hybridized carbons (Fsp3) is 0.526. The first-order chi connectivity index (χ1) is 13.3. The van der Waals surface area contributed by atoms with Crippen LogP contribution in [0.4, 0.5) is 0 Å². The second-order valence-corrected chi connectivity index (χ2v) is 7.77. The van der Waals surface area contributed by atoms with Gasteiger partial charge in [-0.3, -0.25) is 14.6 Å². The van der Waals surface area contributed by atoms with E-state index in [-0.39, 0.29) is 47.8 Å². The lowest BCUT2D eigenvalue weighted by Crippen LogP contribution is -2.47. The number of hydrogen-bond acceptors (Lipinski definition) is 3. The molecule has 1 aromatic rings. The number of carbonyl (C=O) groups is 2. The summed E-state index contributed by atoms with van der Waals surface area (Å²) in [4.78, 5) is 30.3. The summed E-state index contributed by atoms with van der Waals surface area (Å²) in [6.45, 7) is 6.18. The van der Waals surface area contributed by atoms with Gasteiger partial charge in [0.2, 0.25) is 5.91 Å². The molecular weight excluding hydrogens is 528 g/mol. The Morgan fingerprint density at radius 3 is 2.52 bits per heavy atom. The molecule has 1 heterocycles. The molecule has 1 aliphatic rings. The van der Waals surface area contributed by atoms with Crippen molar-refractivity contribution in [2.24, 2.45) is 10.9 Å². The lowest BCUT2D eigenvalue weighted by molar-refractivity contribution is -0.133. The summed E-state index contributed by atoms with van der Waals surface area (Å²) in [5.74, 6) is 0.613. The molecular formula is C19H28Cl2IN5O2. The molecule has 1 aromatic carbocycles. The van der Waals surface area contributed by atoms with Crippen LogP contribution in [0.1, 0.15) is 30.6 Å². The largest absolute Gasteiger partial charge is 0.355 e. The minimum atomic E-state index is -0.220. The highest BCUT2D eigenvalue weighted by Crippen LogP contribution is 2.22. The van der Waals surface area contributed by atoms with E-state index < -0.39 is 0 Å². The van der Waals surface area contributed by atoms with Crippen LogP contribution in [0.15, 0.2) is 23.2 Å². The number of likely N-dealkylation sites (tertiary alicyclic amines) is 1. The van der Waals surface area contributed by atoms with Crippen molar-refractivity contribution in [1.82, 2.24) is 20.9 Å². The molecule has 29 heavy (non-hydrogen) atoms. The number of benzene rings is 1. The first kappa shape index (κ1) is 25.8. The fourth-order valence-corrected chi connectivity index (χ4v) is 3.23. The number of guanidine groups is 1. The molecule has 0 radical (unpaired) electrons. The zero-order valence-electron chi connectivity index (χ0n) is 16.8. The predicted octanol–water partition coefficient (Wildman–Crippen LogP) is 2.76. The Morgan fingerprint density at radius 2 is 1.90 bits per heavy atom. The minimum Gasteiger partial charge on any atom is -0.355 e. The van der Waals surface area contributed by atoms with Crippen molar-refractivity contribution in [3.63, 3.8) is 0 Å². The van der Waals surface area contributed by atoms with Gasteiger partial charge in [-0.25, -0.2) is 0 Å². The number of halogens is 3. The molecule has 0 bridgehead atoms. The maximum absolute atomic E-state index is 12.1. The third-order valence-corrected chi connectivity index (χ3v) is 5.18. The fourth-order valence-electron chi connectivity index (χ4n) is 2.93. The Labute approximate surface area is 199 Å². The van der Waals surface area contributed by atoms with E-state index in [1.807, 2.05) is 18.7 Å². The number of aliphatic imine (C=N–C) groups is 1. The molecule has 1 unspecified atom stereocenters. The van der Waals surface area contributed by atoms with Crippen molar-refractivity contribution in [2.75, 3.05) is 33.2 Å². The van der Waals surface area contributed by atoms with Gasteiger partial charge in [0, 0.05) is 50.7 Å². The Kier molecular flexibility index (Phi) is 11.1. The smallest absolute Gasteiger partial charge is 0.251 e. The minimum absolute atomic E-state index is 0. The van der Waals surface area contributed by atoms with Crippen LogP contribution in [0.25, 0.3) is 0 Å². The average Bonchev–Trinajstić information content (AvgIpc) is 3.13. The SMILES string of the molecule is CN=C(NCCNC(=O)c1ccc(Cl)c(Cl)c1)NC1CCN(C(=O)C(C)C)C1.I. The van der Waals surface area contributed by atoms with Gasteiger partial charge in [0.05, 0.1) is 10.0 Å². The average molecular weight is 556 g/mol. The van der Waals surface area contributed by atoms with Crippen LogP contribution in [-0.4, -0.2) is 61.9 Å². The molecule has 2 amide bonds. The number of amides is 2. The van der Waals surface area contributed by atoms with Crippen molar-refractivity contribution >= 4 is 65.0 Å². The standard InChI is InChI=1S/C19H27Cl2N5O2.HI/c1-12(2)18(28)26-9-6-14(11-26)25-19(22-3)24-8-7-23-17(27)13-4-5-15(20)16(21)10-13;/h4-5,10,12,14H,6-9,11H2,1-3H3,(H,23,27)(H2,22,24,25);1H. The van der Waals surface area contributed by atoms with Crippen LogP contribution in [0.2, 0.25) is 10.0 Å². The van der Waals surface area contributed by atoms with Gasteiger partial charge in [0.25, 0.3) is 5.91 Å². The van der Waals surface area contributed by atoms with E-state index in [4.69, 9.17) is 23.2 Å². The van der Waals surface area contributed by atoms with E-state index >= 15 is 0 Å². The van der Waals surface area contributed by atoms with Crippen LogP contribution in [0.3, 0.4) is 0 Å². The van der Waals surface area contributed by atoms with Crippen molar-refractivity contribution in [3.8, 4) is 0 Å². The lowest BCUT2D eigenvalue weighted by Gasteiger charge is -2.20. The summed E-state index contributed by atoms with van der Waals surface area (Å²) >= 11 is 11.8.